The summed E-state index contributed by atoms with van der Waals surface area (Å²) in [6, 6.07) is 5.58. The van der Waals surface area contributed by atoms with Crippen molar-refractivity contribution in [3.05, 3.63) is 39.6 Å². The highest BCUT2D eigenvalue weighted by Crippen LogP contribution is 2.23. The van der Waals surface area contributed by atoms with Gasteiger partial charge in [0, 0.05) is 16.8 Å². The van der Waals surface area contributed by atoms with E-state index in [1.54, 1.807) is 4.68 Å². The largest absolute Gasteiger partial charge is 0.219 e. The molecule has 84 valence electrons. The van der Waals surface area contributed by atoms with E-state index in [4.69, 9.17) is 23.2 Å². The van der Waals surface area contributed by atoms with Crippen LogP contribution >= 0.6 is 39.1 Å². The molecule has 0 bridgehead atoms. The van der Waals surface area contributed by atoms with E-state index in [1.165, 1.54) is 0 Å². The van der Waals surface area contributed by atoms with Gasteiger partial charge in [0.2, 0.25) is 0 Å². The molecule has 0 unspecified atom stereocenters. The maximum absolute atomic E-state index is 6.08. The number of alkyl halides is 1. The van der Waals surface area contributed by atoms with Gasteiger partial charge in [-0.25, -0.2) is 4.68 Å². The summed E-state index contributed by atoms with van der Waals surface area (Å²) in [6.07, 6.45) is 2.53. The van der Waals surface area contributed by atoms with E-state index in [0.29, 0.717) is 17.3 Å². The van der Waals surface area contributed by atoms with E-state index < -0.39 is 0 Å². The number of nitrogens with zero attached hydrogens (tertiary/aromatic N) is 3. The zero-order valence-electron chi connectivity index (χ0n) is 8.20. The Hall–Kier alpha value is -0.580. The van der Waals surface area contributed by atoms with Crippen molar-refractivity contribution in [1.82, 2.24) is 15.0 Å². The Kier molecular flexibility index (Phi) is 3.84. The second-order valence-electron chi connectivity index (χ2n) is 3.19. The third-order valence-electron chi connectivity index (χ3n) is 2.05. The second kappa shape index (κ2) is 5.17. The van der Waals surface area contributed by atoms with E-state index in [2.05, 4.69) is 26.2 Å². The molecule has 16 heavy (non-hydrogen) atoms. The lowest BCUT2D eigenvalue weighted by molar-refractivity contribution is 0.798. The van der Waals surface area contributed by atoms with Crippen LogP contribution in [0.1, 0.15) is 5.69 Å². The summed E-state index contributed by atoms with van der Waals surface area (Å²) < 4.78 is 2.59. The smallest absolute Gasteiger partial charge is 0.0861 e. The molecular weight excluding hydrogens is 313 g/mol. The number of aromatic nitrogens is 3. The quantitative estimate of drug-likeness (QED) is 0.811. The Balaban J connectivity index is 2.38. The molecule has 0 saturated carbocycles. The van der Waals surface area contributed by atoms with Crippen molar-refractivity contribution in [1.29, 1.82) is 0 Å². The van der Waals surface area contributed by atoms with Crippen LogP contribution in [0.4, 0.5) is 0 Å². The Morgan fingerprint density at radius 2 is 2.19 bits per heavy atom. The van der Waals surface area contributed by atoms with E-state index in [-0.39, 0.29) is 0 Å². The molecule has 2 rings (SSSR count). The van der Waals surface area contributed by atoms with Gasteiger partial charge in [-0.1, -0.05) is 32.7 Å². The Labute approximate surface area is 111 Å². The van der Waals surface area contributed by atoms with Crippen LogP contribution in [-0.4, -0.2) is 20.9 Å². The highest BCUT2D eigenvalue weighted by molar-refractivity contribution is 9.10. The van der Waals surface area contributed by atoms with Crippen LogP contribution in [0.5, 0.6) is 0 Å². The minimum Gasteiger partial charge on any atom is -0.219 e. The van der Waals surface area contributed by atoms with Crippen LogP contribution in [0.2, 0.25) is 5.02 Å². The summed E-state index contributed by atoms with van der Waals surface area (Å²) in [5.74, 6) is 0.533. The van der Waals surface area contributed by atoms with Gasteiger partial charge in [0.25, 0.3) is 0 Å². The molecule has 0 N–H and O–H groups in total. The summed E-state index contributed by atoms with van der Waals surface area (Å²) in [5, 5.41) is 8.65. The molecule has 0 aliphatic heterocycles. The second-order valence-corrected chi connectivity index (χ2v) is 4.89. The first-order valence-corrected chi connectivity index (χ1v) is 6.34. The van der Waals surface area contributed by atoms with Crippen LogP contribution in [0.25, 0.3) is 5.69 Å². The molecule has 1 aromatic carbocycles. The summed E-state index contributed by atoms with van der Waals surface area (Å²) in [6.45, 7) is 0. The molecule has 0 atom stereocenters. The zero-order chi connectivity index (χ0) is 11.5. The highest BCUT2D eigenvalue weighted by Gasteiger charge is 2.06. The molecule has 0 amide bonds. The van der Waals surface area contributed by atoms with Crippen molar-refractivity contribution < 1.29 is 0 Å². The molecule has 1 aromatic heterocycles. The number of aryl methyl sites for hydroxylation is 1. The first-order chi connectivity index (χ1) is 7.70. The van der Waals surface area contributed by atoms with Gasteiger partial charge in [0.1, 0.15) is 0 Å². The number of hydrogen-bond donors (Lipinski definition) is 0. The van der Waals surface area contributed by atoms with Crippen molar-refractivity contribution in [2.45, 2.75) is 6.42 Å². The van der Waals surface area contributed by atoms with Gasteiger partial charge in [-0.05, 0) is 18.2 Å². The van der Waals surface area contributed by atoms with Crippen LogP contribution in [0, 0.1) is 0 Å². The number of benzene rings is 1. The molecule has 1 heterocycles. The topological polar surface area (TPSA) is 30.7 Å². The molecule has 0 spiro atoms. The fourth-order valence-corrected chi connectivity index (χ4v) is 2.04. The van der Waals surface area contributed by atoms with Gasteiger partial charge in [-0.15, -0.1) is 16.7 Å². The van der Waals surface area contributed by atoms with Crippen molar-refractivity contribution in [3.63, 3.8) is 0 Å². The summed E-state index contributed by atoms with van der Waals surface area (Å²) in [5.41, 5.74) is 1.65. The lowest BCUT2D eigenvalue weighted by Crippen LogP contribution is -1.95. The highest BCUT2D eigenvalue weighted by atomic mass is 79.9. The average Bonchev–Trinajstić information content (AvgIpc) is 2.71. The van der Waals surface area contributed by atoms with Crippen LogP contribution < -0.4 is 0 Å². The lowest BCUT2D eigenvalue weighted by atomic mass is 10.3. The number of hydrogen-bond acceptors (Lipinski definition) is 2. The molecule has 0 aliphatic carbocycles. The molecule has 0 fully saturated rings. The summed E-state index contributed by atoms with van der Waals surface area (Å²) >= 11 is 15.1. The average molecular weight is 321 g/mol. The van der Waals surface area contributed by atoms with Gasteiger partial charge in [0.15, 0.2) is 0 Å². The lowest BCUT2D eigenvalue weighted by Gasteiger charge is -2.03. The molecule has 6 heteroatoms. The normalized spacial score (nSPS) is 10.7. The van der Waals surface area contributed by atoms with Gasteiger partial charge in [-0.2, -0.15) is 0 Å². The fourth-order valence-electron chi connectivity index (χ4n) is 1.29. The molecule has 0 aliphatic rings. The standard InChI is InChI=1S/C10H8BrCl2N3/c11-7-1-2-9(13)10(5-7)16-6-8(3-4-12)14-15-16/h1-2,5-6H,3-4H2. The molecular formula is C10H8BrCl2N3. The van der Waals surface area contributed by atoms with E-state index in [0.717, 1.165) is 15.9 Å². The minimum atomic E-state index is 0.533. The van der Waals surface area contributed by atoms with E-state index in [1.807, 2.05) is 24.4 Å². The van der Waals surface area contributed by atoms with E-state index >= 15 is 0 Å². The zero-order valence-corrected chi connectivity index (χ0v) is 11.3. The predicted octanol–water partition coefficient (Wildman–Crippen LogP) is 3.46. The summed E-state index contributed by atoms with van der Waals surface area (Å²) in [4.78, 5) is 0. The van der Waals surface area contributed by atoms with E-state index in [9.17, 15) is 0 Å². The van der Waals surface area contributed by atoms with Gasteiger partial charge in [-0.3, -0.25) is 0 Å². The Morgan fingerprint density at radius 1 is 1.38 bits per heavy atom. The summed E-state index contributed by atoms with van der Waals surface area (Å²) in [7, 11) is 0. The number of rotatable bonds is 3. The Bertz CT molecular complexity index is 499. The minimum absolute atomic E-state index is 0.533. The SMILES string of the molecule is ClCCc1cn(-c2cc(Br)ccc2Cl)nn1. The monoisotopic (exact) mass is 319 g/mol. The van der Waals surface area contributed by atoms with Crippen LogP contribution in [0.15, 0.2) is 28.9 Å². The van der Waals surface area contributed by atoms with Crippen molar-refractivity contribution in [2.75, 3.05) is 5.88 Å². The van der Waals surface area contributed by atoms with Gasteiger partial charge >= 0.3 is 0 Å². The predicted molar refractivity (Wildman–Crippen MR) is 68.5 cm³/mol. The number of halogens is 3. The van der Waals surface area contributed by atoms with Crippen molar-refractivity contribution >= 4 is 39.1 Å². The fraction of sp³-hybridized carbons (Fsp3) is 0.200. The van der Waals surface area contributed by atoms with Crippen LogP contribution in [-0.2, 0) is 6.42 Å². The van der Waals surface area contributed by atoms with Crippen molar-refractivity contribution in [3.8, 4) is 5.69 Å². The van der Waals surface area contributed by atoms with Crippen molar-refractivity contribution in [2.24, 2.45) is 0 Å². The maximum Gasteiger partial charge on any atom is 0.0861 e. The molecule has 0 saturated heterocycles. The van der Waals surface area contributed by atoms with Gasteiger partial charge < -0.3 is 0 Å². The third-order valence-corrected chi connectivity index (χ3v) is 3.05. The third kappa shape index (κ3) is 2.56. The molecule has 3 nitrogen and oxygen atoms in total. The molecule has 0 radical (unpaired) electrons. The molecule has 2 aromatic rings. The van der Waals surface area contributed by atoms with Crippen LogP contribution in [0.3, 0.4) is 0 Å². The first kappa shape index (κ1) is 11.9. The first-order valence-electron chi connectivity index (χ1n) is 4.63. The maximum atomic E-state index is 6.08. The van der Waals surface area contributed by atoms with Gasteiger partial charge in [0.05, 0.1) is 22.6 Å². The Morgan fingerprint density at radius 3 is 2.94 bits per heavy atom.